The maximum absolute atomic E-state index is 9.83. The number of amides is 1. The predicted octanol–water partition coefficient (Wildman–Crippen LogP) is -0.107. The molecule has 0 aliphatic carbocycles. The Balaban J connectivity index is 3.28. The van der Waals surface area contributed by atoms with Crippen molar-refractivity contribution in [3.8, 4) is 0 Å². The summed E-state index contributed by atoms with van der Waals surface area (Å²) < 4.78 is 0. The van der Waals surface area contributed by atoms with Gasteiger partial charge in [0.05, 0.1) is 12.6 Å². The average Bonchev–Trinajstić information content (AvgIpc) is 1.88. The van der Waals surface area contributed by atoms with E-state index >= 15 is 0 Å². The number of rotatable bonds is 5. The maximum Gasteiger partial charge on any atom is 0.207 e. The van der Waals surface area contributed by atoms with Crippen LogP contribution in [0.2, 0.25) is 0 Å². The Bertz CT molecular complexity index is 75.5. The summed E-state index contributed by atoms with van der Waals surface area (Å²) in [4.78, 5) is 9.83. The van der Waals surface area contributed by atoms with Crippen LogP contribution in [-0.4, -0.2) is 24.2 Å². The van der Waals surface area contributed by atoms with Crippen LogP contribution in [0.4, 0.5) is 0 Å². The number of hydrogen-bond acceptors (Lipinski definition) is 2. The Hall–Kier alpha value is -0.570. The van der Waals surface area contributed by atoms with Crippen LogP contribution in [0.3, 0.4) is 0 Å². The van der Waals surface area contributed by atoms with Crippen molar-refractivity contribution in [2.24, 2.45) is 0 Å². The van der Waals surface area contributed by atoms with Gasteiger partial charge in [-0.1, -0.05) is 13.3 Å². The Labute approximate surface area is 55.1 Å². The number of nitrogens with one attached hydrogen (secondary N) is 1. The van der Waals surface area contributed by atoms with Gasteiger partial charge in [0, 0.05) is 0 Å². The van der Waals surface area contributed by atoms with Gasteiger partial charge in [-0.25, -0.2) is 0 Å². The van der Waals surface area contributed by atoms with Crippen molar-refractivity contribution < 1.29 is 9.90 Å². The minimum absolute atomic E-state index is 0.0343. The third-order valence-corrected chi connectivity index (χ3v) is 1.16. The van der Waals surface area contributed by atoms with Gasteiger partial charge < -0.3 is 10.4 Å². The van der Waals surface area contributed by atoms with Gasteiger partial charge in [0.25, 0.3) is 0 Å². The summed E-state index contributed by atoms with van der Waals surface area (Å²) in [5.74, 6) is 0. The SMILES string of the molecule is CCC[C@@H](CO)NC=O. The smallest absolute Gasteiger partial charge is 0.207 e. The first-order chi connectivity index (χ1) is 4.35. The molecule has 0 radical (unpaired) electrons. The fourth-order valence-electron chi connectivity index (χ4n) is 0.672. The molecule has 0 aromatic heterocycles. The number of carbonyl (C=O) groups is 1. The van der Waals surface area contributed by atoms with Crippen molar-refractivity contribution in [2.75, 3.05) is 6.61 Å². The normalized spacial score (nSPS) is 12.7. The van der Waals surface area contributed by atoms with Gasteiger partial charge in [-0.2, -0.15) is 0 Å². The Morgan fingerprint density at radius 1 is 1.78 bits per heavy atom. The predicted molar refractivity (Wildman–Crippen MR) is 35.0 cm³/mol. The fourth-order valence-corrected chi connectivity index (χ4v) is 0.672. The molecule has 9 heavy (non-hydrogen) atoms. The topological polar surface area (TPSA) is 49.3 Å². The monoisotopic (exact) mass is 131 g/mol. The van der Waals surface area contributed by atoms with E-state index in [2.05, 4.69) is 5.32 Å². The summed E-state index contributed by atoms with van der Waals surface area (Å²) in [5, 5.41) is 11.1. The second-order valence-electron chi connectivity index (χ2n) is 1.95. The van der Waals surface area contributed by atoms with E-state index in [1.807, 2.05) is 6.92 Å². The molecule has 2 N–H and O–H groups in total. The molecule has 1 amide bonds. The van der Waals surface area contributed by atoms with Crippen molar-refractivity contribution in [3.63, 3.8) is 0 Å². The molecule has 0 heterocycles. The summed E-state index contributed by atoms with van der Waals surface area (Å²) in [6.45, 7) is 2.04. The third kappa shape index (κ3) is 3.97. The van der Waals surface area contributed by atoms with Crippen LogP contribution < -0.4 is 5.32 Å². The van der Waals surface area contributed by atoms with E-state index in [9.17, 15) is 4.79 Å². The molecule has 0 bridgehead atoms. The van der Waals surface area contributed by atoms with Crippen molar-refractivity contribution in [2.45, 2.75) is 25.8 Å². The lowest BCUT2D eigenvalue weighted by atomic mass is 10.2. The minimum Gasteiger partial charge on any atom is -0.394 e. The zero-order chi connectivity index (χ0) is 7.11. The van der Waals surface area contributed by atoms with E-state index < -0.39 is 0 Å². The first-order valence-electron chi connectivity index (χ1n) is 3.15. The van der Waals surface area contributed by atoms with Gasteiger partial charge in [-0.15, -0.1) is 0 Å². The molecular weight excluding hydrogens is 118 g/mol. The molecule has 0 unspecified atom stereocenters. The lowest BCUT2D eigenvalue weighted by Crippen LogP contribution is -2.30. The van der Waals surface area contributed by atoms with E-state index in [1.165, 1.54) is 0 Å². The molecule has 3 heteroatoms. The highest BCUT2D eigenvalue weighted by atomic mass is 16.3. The molecular formula is C6H13NO2. The van der Waals surface area contributed by atoms with Crippen LogP contribution in [0, 0.1) is 0 Å². The van der Waals surface area contributed by atoms with E-state index in [0.29, 0.717) is 6.41 Å². The van der Waals surface area contributed by atoms with Gasteiger partial charge in [0.2, 0.25) is 6.41 Å². The van der Waals surface area contributed by atoms with E-state index in [4.69, 9.17) is 5.11 Å². The van der Waals surface area contributed by atoms with Crippen molar-refractivity contribution in [1.29, 1.82) is 0 Å². The van der Waals surface area contributed by atoms with E-state index in [1.54, 1.807) is 0 Å². The van der Waals surface area contributed by atoms with Crippen molar-refractivity contribution in [1.82, 2.24) is 5.32 Å². The van der Waals surface area contributed by atoms with Crippen molar-refractivity contribution in [3.05, 3.63) is 0 Å². The fraction of sp³-hybridized carbons (Fsp3) is 0.833. The van der Waals surface area contributed by atoms with Gasteiger partial charge in [0.1, 0.15) is 0 Å². The first-order valence-corrected chi connectivity index (χ1v) is 3.15. The highest BCUT2D eigenvalue weighted by Crippen LogP contribution is 1.92. The standard InChI is InChI=1S/C6H13NO2/c1-2-3-6(4-8)7-5-9/h5-6,8H,2-4H2,1H3,(H,7,9)/t6-/m0/s1. The molecule has 0 saturated heterocycles. The summed E-state index contributed by atoms with van der Waals surface area (Å²) in [6.07, 6.45) is 2.44. The van der Waals surface area contributed by atoms with E-state index in [0.717, 1.165) is 12.8 Å². The first kappa shape index (κ1) is 8.43. The minimum atomic E-state index is -0.0486. The molecule has 0 aliphatic heterocycles. The molecule has 0 saturated carbocycles. The highest BCUT2D eigenvalue weighted by Gasteiger charge is 2.01. The van der Waals surface area contributed by atoms with Crippen LogP contribution >= 0.6 is 0 Å². The molecule has 0 spiro atoms. The van der Waals surface area contributed by atoms with Crippen LogP contribution in [0.1, 0.15) is 19.8 Å². The van der Waals surface area contributed by atoms with Crippen LogP contribution in [0.5, 0.6) is 0 Å². The number of aliphatic hydroxyl groups is 1. The molecule has 1 atom stereocenters. The van der Waals surface area contributed by atoms with Crippen LogP contribution in [0.15, 0.2) is 0 Å². The molecule has 0 aromatic rings. The number of hydrogen-bond donors (Lipinski definition) is 2. The molecule has 0 fully saturated rings. The summed E-state index contributed by atoms with van der Waals surface area (Å²) in [7, 11) is 0. The Morgan fingerprint density at radius 2 is 2.44 bits per heavy atom. The highest BCUT2D eigenvalue weighted by molar-refractivity contribution is 5.46. The zero-order valence-electron chi connectivity index (χ0n) is 5.63. The quantitative estimate of drug-likeness (QED) is 0.511. The number of aliphatic hydroxyl groups excluding tert-OH is 1. The number of carbonyl (C=O) groups excluding carboxylic acids is 1. The second kappa shape index (κ2) is 5.56. The van der Waals surface area contributed by atoms with Crippen LogP contribution in [0.25, 0.3) is 0 Å². The van der Waals surface area contributed by atoms with Crippen LogP contribution in [-0.2, 0) is 4.79 Å². The largest absolute Gasteiger partial charge is 0.394 e. The third-order valence-electron chi connectivity index (χ3n) is 1.16. The van der Waals surface area contributed by atoms with Crippen molar-refractivity contribution >= 4 is 6.41 Å². The molecule has 54 valence electrons. The van der Waals surface area contributed by atoms with Gasteiger partial charge in [0.15, 0.2) is 0 Å². The molecule has 0 aromatic carbocycles. The molecule has 0 aliphatic rings. The molecule has 0 rings (SSSR count). The lowest BCUT2D eigenvalue weighted by molar-refractivity contribution is -0.110. The van der Waals surface area contributed by atoms with Gasteiger partial charge in [-0.3, -0.25) is 4.79 Å². The molecule has 3 nitrogen and oxygen atoms in total. The summed E-state index contributed by atoms with van der Waals surface area (Å²) in [5.41, 5.74) is 0. The van der Waals surface area contributed by atoms with Gasteiger partial charge >= 0.3 is 0 Å². The lowest BCUT2D eigenvalue weighted by Gasteiger charge is -2.09. The van der Waals surface area contributed by atoms with Gasteiger partial charge in [-0.05, 0) is 6.42 Å². The summed E-state index contributed by atoms with van der Waals surface area (Å²) >= 11 is 0. The Kier molecular flexibility index (Phi) is 5.21. The Morgan fingerprint density at radius 3 is 2.78 bits per heavy atom. The zero-order valence-corrected chi connectivity index (χ0v) is 5.63. The average molecular weight is 131 g/mol. The van der Waals surface area contributed by atoms with E-state index in [-0.39, 0.29) is 12.6 Å². The second-order valence-corrected chi connectivity index (χ2v) is 1.95. The maximum atomic E-state index is 9.83. The summed E-state index contributed by atoms with van der Waals surface area (Å²) in [6, 6.07) is -0.0486.